The van der Waals surface area contributed by atoms with Gasteiger partial charge < -0.3 is 10.1 Å². The van der Waals surface area contributed by atoms with Crippen molar-refractivity contribution >= 4 is 19.4 Å². The molecule has 0 atom stereocenters. The minimum absolute atomic E-state index is 0.00533. The minimum atomic E-state index is -2.75. The van der Waals surface area contributed by atoms with Gasteiger partial charge in [-0.2, -0.15) is 0 Å². The highest BCUT2D eigenvalue weighted by Gasteiger charge is 2.53. The van der Waals surface area contributed by atoms with Crippen molar-refractivity contribution in [2.75, 3.05) is 0 Å². The maximum Gasteiger partial charge on any atom is 0.230 e. The van der Waals surface area contributed by atoms with Crippen molar-refractivity contribution in [3.05, 3.63) is 65.7 Å². The highest BCUT2D eigenvalue weighted by molar-refractivity contribution is 6.90. The van der Waals surface area contributed by atoms with Crippen LogP contribution in [0, 0.1) is 0 Å². The summed E-state index contributed by atoms with van der Waals surface area (Å²) in [6.07, 6.45) is 0.345. The van der Waals surface area contributed by atoms with Crippen LogP contribution in [0.15, 0.2) is 54.6 Å². The van der Waals surface area contributed by atoms with Gasteiger partial charge in [-0.05, 0) is 26.4 Å². The van der Waals surface area contributed by atoms with E-state index in [-0.39, 0.29) is 16.0 Å². The summed E-state index contributed by atoms with van der Waals surface area (Å²) >= 11 is 0. The van der Waals surface area contributed by atoms with Crippen LogP contribution in [-0.2, 0) is 17.8 Å². The van der Waals surface area contributed by atoms with Crippen molar-refractivity contribution in [3.8, 4) is 0 Å². The first-order valence-electron chi connectivity index (χ1n) is 9.57. The normalized spacial score (nSPS) is 12.7. The highest BCUT2D eigenvalue weighted by atomic mass is 28.4. The number of benzene rings is 2. The monoisotopic (exact) mass is 383 g/mol. The fourth-order valence-electron chi connectivity index (χ4n) is 3.90. The Labute approximate surface area is 165 Å². The van der Waals surface area contributed by atoms with Gasteiger partial charge in [0, 0.05) is 6.54 Å². The molecule has 2 aromatic rings. The first-order valence-corrected chi connectivity index (χ1v) is 11.5. The Balaban J connectivity index is 2.09. The fourth-order valence-corrected chi connectivity index (χ4v) is 8.53. The average molecular weight is 384 g/mol. The molecule has 2 aromatic carbocycles. The average Bonchev–Trinajstić information content (AvgIpc) is 2.59. The second-order valence-electron chi connectivity index (χ2n) is 9.35. The molecule has 0 unspecified atom stereocenters. The van der Waals surface area contributed by atoms with Crippen molar-refractivity contribution < 1.29 is 9.59 Å². The number of amides is 1. The zero-order valence-electron chi connectivity index (χ0n) is 17.5. The molecule has 0 radical (unpaired) electrons. The lowest BCUT2D eigenvalue weighted by Crippen LogP contribution is -2.61. The number of nitrogens with one attached hydrogen (secondary N) is 1. The predicted molar refractivity (Wildman–Crippen MR) is 115 cm³/mol. The van der Waals surface area contributed by atoms with E-state index in [1.165, 1.54) is 0 Å². The van der Waals surface area contributed by atoms with E-state index < -0.39 is 8.32 Å². The van der Waals surface area contributed by atoms with E-state index in [0.29, 0.717) is 13.0 Å². The molecule has 2 N–H and O–H groups in total. The molecule has 0 aliphatic carbocycles. The van der Waals surface area contributed by atoms with E-state index in [2.05, 4.69) is 46.9 Å². The molecule has 0 aliphatic rings. The van der Waals surface area contributed by atoms with Gasteiger partial charge in [-0.1, -0.05) is 96.1 Å². The van der Waals surface area contributed by atoms with E-state index in [9.17, 15) is 9.59 Å². The van der Waals surface area contributed by atoms with Gasteiger partial charge in [0.25, 0.3) is 0 Å². The third-order valence-electron chi connectivity index (χ3n) is 5.24. The van der Waals surface area contributed by atoms with Crippen LogP contribution in [0.4, 0.5) is 0 Å². The summed E-state index contributed by atoms with van der Waals surface area (Å²) in [6, 6.07) is 17.9. The molecule has 0 heterocycles. The third kappa shape index (κ3) is 4.88. The van der Waals surface area contributed by atoms with Crippen LogP contribution in [0.2, 0.25) is 10.1 Å². The quantitative estimate of drug-likeness (QED) is 0.757. The largest absolute Gasteiger partial charge is 0.426 e. The SMILES string of the molecule is CC(C)(C)[Si](O)(c1ccc(CC(=O)NCc2ccccc2)cc1)C(C)(C)C. The molecule has 0 aromatic heterocycles. The van der Waals surface area contributed by atoms with Crippen molar-refractivity contribution in [1.29, 1.82) is 0 Å². The van der Waals surface area contributed by atoms with Gasteiger partial charge in [0.05, 0.1) is 6.42 Å². The van der Waals surface area contributed by atoms with Gasteiger partial charge in [0.15, 0.2) is 0 Å². The molecular formula is C23H33NO2Si. The summed E-state index contributed by atoms with van der Waals surface area (Å²) in [5.74, 6) is 0.00533. The standard InChI is InChI=1S/C23H33NO2Si/c1-22(2,3)27(26,23(4,5)6)20-14-12-18(13-15-20)16-21(25)24-17-19-10-8-7-9-11-19/h7-15,26H,16-17H2,1-6H3,(H,24,25). The molecule has 0 saturated heterocycles. The van der Waals surface area contributed by atoms with Gasteiger partial charge in [0.1, 0.15) is 0 Å². The Morgan fingerprint density at radius 3 is 1.85 bits per heavy atom. The van der Waals surface area contributed by atoms with Crippen molar-refractivity contribution in [2.45, 2.75) is 64.6 Å². The van der Waals surface area contributed by atoms with Crippen LogP contribution in [0.1, 0.15) is 52.7 Å². The molecule has 2 rings (SSSR count). The zero-order valence-corrected chi connectivity index (χ0v) is 18.5. The Hall–Kier alpha value is -1.91. The molecule has 27 heavy (non-hydrogen) atoms. The van der Waals surface area contributed by atoms with Gasteiger partial charge in [-0.3, -0.25) is 4.79 Å². The number of rotatable bonds is 5. The molecular weight excluding hydrogens is 350 g/mol. The topological polar surface area (TPSA) is 49.3 Å². The lowest BCUT2D eigenvalue weighted by Gasteiger charge is -2.47. The number of carbonyl (C=O) groups is 1. The van der Waals surface area contributed by atoms with E-state index in [4.69, 9.17) is 0 Å². The Morgan fingerprint density at radius 2 is 1.37 bits per heavy atom. The van der Waals surface area contributed by atoms with Crippen molar-refractivity contribution in [3.63, 3.8) is 0 Å². The molecule has 0 spiro atoms. The van der Waals surface area contributed by atoms with E-state index in [1.54, 1.807) is 0 Å². The number of carbonyl (C=O) groups excluding carboxylic acids is 1. The summed E-state index contributed by atoms with van der Waals surface area (Å²) in [5, 5.41) is 3.62. The maximum absolute atomic E-state index is 12.2. The Bertz CT molecular complexity index is 742. The molecule has 0 bridgehead atoms. The Kier molecular flexibility index (Phi) is 6.33. The van der Waals surface area contributed by atoms with Crippen LogP contribution in [0.3, 0.4) is 0 Å². The molecule has 0 fully saturated rings. The fraction of sp³-hybridized carbons (Fsp3) is 0.435. The Morgan fingerprint density at radius 1 is 0.852 bits per heavy atom. The van der Waals surface area contributed by atoms with Crippen LogP contribution < -0.4 is 10.5 Å². The van der Waals surface area contributed by atoms with Crippen LogP contribution in [0.25, 0.3) is 0 Å². The number of hydrogen-bond donors (Lipinski definition) is 2. The predicted octanol–water partition coefficient (Wildman–Crippen LogP) is 4.29. The van der Waals surface area contributed by atoms with Crippen molar-refractivity contribution in [1.82, 2.24) is 5.32 Å². The van der Waals surface area contributed by atoms with Crippen molar-refractivity contribution in [2.24, 2.45) is 0 Å². The first-order chi connectivity index (χ1) is 12.4. The van der Waals surface area contributed by atoms with E-state index >= 15 is 0 Å². The van der Waals surface area contributed by atoms with Gasteiger partial charge in [-0.15, -0.1) is 0 Å². The minimum Gasteiger partial charge on any atom is -0.426 e. The highest BCUT2D eigenvalue weighted by Crippen LogP contribution is 2.48. The smallest absolute Gasteiger partial charge is 0.230 e. The van der Waals surface area contributed by atoms with Crippen LogP contribution >= 0.6 is 0 Å². The lowest BCUT2D eigenvalue weighted by atomic mass is 10.1. The summed E-state index contributed by atoms with van der Waals surface area (Å²) < 4.78 is 0. The first kappa shape index (κ1) is 21.4. The molecule has 4 heteroatoms. The molecule has 1 amide bonds. The molecule has 146 valence electrons. The summed E-state index contributed by atoms with van der Waals surface area (Å²) in [5.41, 5.74) is 2.05. The zero-order chi connectivity index (χ0) is 20.3. The molecule has 3 nitrogen and oxygen atoms in total. The third-order valence-corrected chi connectivity index (χ3v) is 10.8. The molecule has 0 saturated carbocycles. The second kappa shape index (κ2) is 7.99. The summed E-state index contributed by atoms with van der Waals surface area (Å²) in [7, 11) is -2.75. The number of hydrogen-bond acceptors (Lipinski definition) is 2. The second-order valence-corrected chi connectivity index (χ2v) is 14.3. The van der Waals surface area contributed by atoms with E-state index in [1.807, 2.05) is 54.6 Å². The van der Waals surface area contributed by atoms with Gasteiger partial charge in [0.2, 0.25) is 14.2 Å². The lowest BCUT2D eigenvalue weighted by molar-refractivity contribution is -0.120. The summed E-state index contributed by atoms with van der Waals surface area (Å²) in [6.45, 7) is 13.3. The van der Waals surface area contributed by atoms with Gasteiger partial charge in [-0.25, -0.2) is 0 Å². The van der Waals surface area contributed by atoms with Crippen LogP contribution in [0.5, 0.6) is 0 Å². The summed E-state index contributed by atoms with van der Waals surface area (Å²) in [4.78, 5) is 23.9. The van der Waals surface area contributed by atoms with E-state index in [0.717, 1.165) is 16.3 Å². The van der Waals surface area contributed by atoms with Crippen LogP contribution in [-0.4, -0.2) is 19.0 Å². The van der Waals surface area contributed by atoms with Gasteiger partial charge >= 0.3 is 0 Å². The molecule has 0 aliphatic heterocycles. The maximum atomic E-state index is 12.2.